The van der Waals surface area contributed by atoms with Crippen molar-refractivity contribution >= 4 is 52.6 Å². The molecule has 0 aliphatic rings. The van der Waals surface area contributed by atoms with Crippen LogP contribution in [0, 0.1) is 0 Å². The number of halogens is 1. The minimum absolute atomic E-state index is 0.0466. The Hall–Kier alpha value is -0.700. The number of nitrogens with zero attached hydrogens (tertiary/aromatic N) is 4. The van der Waals surface area contributed by atoms with Crippen LogP contribution in [0.25, 0.3) is 0 Å². The van der Waals surface area contributed by atoms with Crippen molar-refractivity contribution < 1.29 is 4.79 Å². The summed E-state index contributed by atoms with van der Waals surface area (Å²) in [5.41, 5.74) is 1.49. The molecule has 2 aromatic rings. The van der Waals surface area contributed by atoms with Crippen molar-refractivity contribution in [3.63, 3.8) is 0 Å². The monoisotopic (exact) mass is 362 g/mol. The van der Waals surface area contributed by atoms with Crippen molar-refractivity contribution in [1.29, 1.82) is 0 Å². The molecule has 9 heteroatoms. The molecule has 2 rings (SSSR count). The molecule has 114 valence electrons. The predicted octanol–water partition coefficient (Wildman–Crippen LogP) is 3.25. The summed E-state index contributed by atoms with van der Waals surface area (Å²) in [5.74, 6) is -0.0466. The van der Waals surface area contributed by atoms with Crippen LogP contribution in [0.2, 0.25) is 5.02 Å². The van der Waals surface area contributed by atoms with Crippen molar-refractivity contribution in [2.45, 2.75) is 15.8 Å². The molecule has 0 unspecified atom stereocenters. The van der Waals surface area contributed by atoms with Crippen molar-refractivity contribution in [3.8, 4) is 0 Å². The largest absolute Gasteiger partial charge is 0.336 e. The molecular weight excluding hydrogens is 348 g/mol. The van der Waals surface area contributed by atoms with E-state index in [4.69, 9.17) is 11.6 Å². The van der Waals surface area contributed by atoms with Gasteiger partial charge in [-0.15, -0.1) is 23.5 Å². The highest BCUT2D eigenvalue weighted by atomic mass is 35.5. The Bertz CT molecular complexity index is 614. The molecule has 0 spiro atoms. The summed E-state index contributed by atoms with van der Waals surface area (Å²) in [4.78, 5) is 14.4. The topological polar surface area (TPSA) is 51.0 Å². The molecule has 0 fully saturated rings. The molecule has 0 aliphatic heterocycles. The van der Waals surface area contributed by atoms with Crippen LogP contribution < -0.4 is 0 Å². The van der Waals surface area contributed by atoms with Gasteiger partial charge < -0.3 is 4.90 Å². The van der Waals surface area contributed by atoms with Gasteiger partial charge in [0, 0.05) is 14.1 Å². The van der Waals surface area contributed by atoms with Crippen LogP contribution >= 0.6 is 46.7 Å². The first-order chi connectivity index (χ1) is 9.99. The lowest BCUT2D eigenvalue weighted by Gasteiger charge is -2.18. The van der Waals surface area contributed by atoms with Crippen LogP contribution in [0.5, 0.6) is 0 Å². The van der Waals surface area contributed by atoms with E-state index >= 15 is 0 Å². The first-order valence-corrected chi connectivity index (χ1v) is 9.59. The molecule has 0 bridgehead atoms. The lowest BCUT2D eigenvalue weighted by Crippen LogP contribution is -2.27. The van der Waals surface area contributed by atoms with E-state index in [0.29, 0.717) is 17.1 Å². The average molecular weight is 363 g/mol. The highest BCUT2D eigenvalue weighted by Gasteiger charge is 2.24. The van der Waals surface area contributed by atoms with Crippen LogP contribution in [0.3, 0.4) is 0 Å². The Balaban J connectivity index is 2.26. The Morgan fingerprint density at radius 1 is 1.48 bits per heavy atom. The first kappa shape index (κ1) is 16.7. The standard InChI is InChI=1S/C12H15ClN4OS3/c1-16(6-8-7(13)5-14-17(8)2)11(18)9-10(19-3)15-21-12(9)20-4/h5H,6H2,1-4H3. The van der Waals surface area contributed by atoms with Crippen molar-refractivity contribution in [2.24, 2.45) is 7.05 Å². The third kappa shape index (κ3) is 3.39. The molecule has 0 aliphatic carbocycles. The van der Waals surface area contributed by atoms with E-state index in [9.17, 15) is 4.79 Å². The maximum Gasteiger partial charge on any atom is 0.258 e. The number of thioether (sulfide) groups is 2. The normalized spacial score (nSPS) is 10.9. The van der Waals surface area contributed by atoms with Gasteiger partial charge in [0.1, 0.15) is 5.03 Å². The summed E-state index contributed by atoms with van der Waals surface area (Å²) < 4.78 is 6.95. The van der Waals surface area contributed by atoms with Crippen LogP contribution in [-0.2, 0) is 13.6 Å². The molecule has 0 saturated heterocycles. The number of aryl methyl sites for hydroxylation is 1. The fraction of sp³-hybridized carbons (Fsp3) is 0.417. The molecule has 0 radical (unpaired) electrons. The van der Waals surface area contributed by atoms with Crippen molar-refractivity contribution in [1.82, 2.24) is 19.1 Å². The summed E-state index contributed by atoms with van der Waals surface area (Å²) in [6, 6.07) is 0. The van der Waals surface area contributed by atoms with Crippen molar-refractivity contribution in [2.75, 3.05) is 19.6 Å². The molecule has 5 nitrogen and oxygen atoms in total. The molecule has 21 heavy (non-hydrogen) atoms. The number of hydrogen-bond donors (Lipinski definition) is 0. The zero-order chi connectivity index (χ0) is 15.6. The van der Waals surface area contributed by atoms with Crippen molar-refractivity contribution in [3.05, 3.63) is 22.5 Å². The molecule has 0 saturated carbocycles. The van der Waals surface area contributed by atoms with E-state index in [1.165, 1.54) is 23.3 Å². The third-order valence-electron chi connectivity index (χ3n) is 2.97. The first-order valence-electron chi connectivity index (χ1n) is 5.99. The second-order valence-electron chi connectivity index (χ2n) is 4.28. The van der Waals surface area contributed by atoms with Crippen LogP contribution in [0.4, 0.5) is 0 Å². The van der Waals surface area contributed by atoms with Gasteiger partial charge in [0.2, 0.25) is 0 Å². The Labute approximate surface area is 141 Å². The number of carbonyl (C=O) groups is 1. The summed E-state index contributed by atoms with van der Waals surface area (Å²) in [7, 11) is 3.57. The molecule has 0 aromatic carbocycles. The maximum absolute atomic E-state index is 12.7. The number of aromatic nitrogens is 3. The Morgan fingerprint density at radius 2 is 2.19 bits per heavy atom. The van der Waals surface area contributed by atoms with Gasteiger partial charge >= 0.3 is 0 Å². The predicted molar refractivity (Wildman–Crippen MR) is 89.7 cm³/mol. The molecular formula is C12H15ClN4OS3. The third-order valence-corrected chi connectivity index (χ3v) is 6.02. The summed E-state index contributed by atoms with van der Waals surface area (Å²) in [6.07, 6.45) is 5.46. The fourth-order valence-corrected chi connectivity index (χ4v) is 4.31. The number of rotatable bonds is 5. The minimum Gasteiger partial charge on any atom is -0.336 e. The second-order valence-corrected chi connectivity index (χ2v) is 7.33. The highest BCUT2D eigenvalue weighted by Crippen LogP contribution is 2.33. The Morgan fingerprint density at radius 3 is 2.71 bits per heavy atom. The lowest BCUT2D eigenvalue weighted by molar-refractivity contribution is 0.0775. The van der Waals surface area contributed by atoms with E-state index < -0.39 is 0 Å². The lowest BCUT2D eigenvalue weighted by atomic mass is 10.3. The van der Waals surface area contributed by atoms with E-state index in [1.54, 1.807) is 34.6 Å². The summed E-state index contributed by atoms with van der Waals surface area (Å²) in [5, 5.41) is 5.43. The van der Waals surface area contributed by atoms with Gasteiger partial charge in [0.15, 0.2) is 0 Å². The number of hydrogen-bond acceptors (Lipinski definition) is 6. The highest BCUT2D eigenvalue weighted by molar-refractivity contribution is 8.01. The SMILES string of the molecule is CSc1nsc(SC)c1C(=O)N(C)Cc1c(Cl)cnn1C. The van der Waals surface area contributed by atoms with Crippen LogP contribution in [0.15, 0.2) is 15.4 Å². The second kappa shape index (κ2) is 7.04. The molecule has 1 amide bonds. The zero-order valence-electron chi connectivity index (χ0n) is 12.1. The number of carbonyl (C=O) groups excluding carboxylic acids is 1. The average Bonchev–Trinajstić information content (AvgIpc) is 3.03. The van der Waals surface area contributed by atoms with E-state index in [2.05, 4.69) is 9.47 Å². The maximum atomic E-state index is 12.7. The summed E-state index contributed by atoms with van der Waals surface area (Å²) in [6.45, 7) is 0.408. The quantitative estimate of drug-likeness (QED) is 0.764. The van der Waals surface area contributed by atoms with Gasteiger partial charge in [0.25, 0.3) is 5.91 Å². The molecule has 2 heterocycles. The van der Waals surface area contributed by atoms with E-state index in [0.717, 1.165) is 14.9 Å². The van der Waals surface area contributed by atoms with E-state index in [-0.39, 0.29) is 5.91 Å². The minimum atomic E-state index is -0.0466. The zero-order valence-corrected chi connectivity index (χ0v) is 15.3. The smallest absolute Gasteiger partial charge is 0.258 e. The van der Waals surface area contributed by atoms with Gasteiger partial charge in [-0.3, -0.25) is 9.48 Å². The van der Waals surface area contributed by atoms with E-state index in [1.807, 2.05) is 19.6 Å². The molecule has 0 atom stereocenters. The van der Waals surface area contributed by atoms with Crippen LogP contribution in [-0.4, -0.2) is 44.5 Å². The van der Waals surface area contributed by atoms with Gasteiger partial charge in [0.05, 0.1) is 33.2 Å². The molecule has 0 N–H and O–H groups in total. The van der Waals surface area contributed by atoms with Gasteiger partial charge in [-0.05, 0) is 24.0 Å². The van der Waals surface area contributed by atoms with Gasteiger partial charge in [-0.1, -0.05) is 11.6 Å². The van der Waals surface area contributed by atoms with Gasteiger partial charge in [-0.2, -0.15) is 9.47 Å². The Kier molecular flexibility index (Phi) is 5.59. The van der Waals surface area contributed by atoms with Crippen LogP contribution in [0.1, 0.15) is 16.1 Å². The number of amides is 1. The molecule has 2 aromatic heterocycles. The fourth-order valence-electron chi connectivity index (χ4n) is 1.82. The van der Waals surface area contributed by atoms with Gasteiger partial charge in [-0.25, -0.2) is 0 Å². The summed E-state index contributed by atoms with van der Waals surface area (Å²) >= 11 is 10.5.